The van der Waals surface area contributed by atoms with Crippen LogP contribution < -0.4 is 9.47 Å². The number of carbonyl (C=O) groups is 1. The van der Waals surface area contributed by atoms with Gasteiger partial charge in [0, 0.05) is 11.6 Å². The minimum absolute atomic E-state index is 0.0470. The molecular formula is C17H18ClF3O4. The van der Waals surface area contributed by atoms with Crippen LogP contribution in [0.2, 0.25) is 0 Å². The van der Waals surface area contributed by atoms with E-state index in [0.29, 0.717) is 12.4 Å². The fraction of sp³-hybridized carbons (Fsp3) is 0.471. The second-order valence-electron chi connectivity index (χ2n) is 6.92. The van der Waals surface area contributed by atoms with Crippen molar-refractivity contribution in [1.29, 1.82) is 0 Å². The maximum Gasteiger partial charge on any atom is 0.448 e. The fourth-order valence-corrected chi connectivity index (χ4v) is 2.37. The van der Waals surface area contributed by atoms with Crippen molar-refractivity contribution in [2.45, 2.75) is 38.4 Å². The first-order valence-electron chi connectivity index (χ1n) is 7.50. The number of alkyl halides is 4. The molecule has 0 amide bonds. The predicted molar refractivity (Wildman–Crippen MR) is 86.9 cm³/mol. The van der Waals surface area contributed by atoms with Crippen molar-refractivity contribution in [2.24, 2.45) is 5.41 Å². The lowest BCUT2D eigenvalue weighted by Crippen LogP contribution is -2.50. The highest BCUT2D eigenvalue weighted by Crippen LogP contribution is 2.48. The third kappa shape index (κ3) is 4.21. The maximum atomic E-state index is 13.3. The molecule has 1 aromatic rings. The number of ether oxygens (including phenoxy) is 2. The second kappa shape index (κ2) is 6.44. The highest BCUT2D eigenvalue weighted by molar-refractivity contribution is 6.29. The zero-order valence-corrected chi connectivity index (χ0v) is 14.7. The Hall–Kier alpha value is -1.89. The van der Waals surface area contributed by atoms with Crippen LogP contribution in [0.1, 0.15) is 32.8 Å². The van der Waals surface area contributed by atoms with Gasteiger partial charge in [0.15, 0.2) is 0 Å². The van der Waals surface area contributed by atoms with E-state index in [0.717, 1.165) is 12.5 Å². The molecule has 138 valence electrons. The molecule has 0 bridgehead atoms. The first-order valence-corrected chi connectivity index (χ1v) is 7.88. The van der Waals surface area contributed by atoms with Gasteiger partial charge in [-0.25, -0.2) is 4.79 Å². The maximum absolute atomic E-state index is 13.3. The summed E-state index contributed by atoms with van der Waals surface area (Å²) in [6, 6.07) is 4.24. The molecule has 25 heavy (non-hydrogen) atoms. The minimum atomic E-state index is -5.11. The largest absolute Gasteiger partial charge is 0.493 e. The van der Waals surface area contributed by atoms with E-state index < -0.39 is 22.8 Å². The number of benzene rings is 1. The molecule has 0 saturated carbocycles. The summed E-state index contributed by atoms with van der Waals surface area (Å²) >= 11 is 5.52. The van der Waals surface area contributed by atoms with Crippen molar-refractivity contribution in [1.82, 2.24) is 0 Å². The number of halogens is 4. The molecule has 8 heteroatoms. The summed E-state index contributed by atoms with van der Waals surface area (Å²) in [5.74, 6) is -1.68. The first kappa shape index (κ1) is 19.4. The topological polar surface area (TPSA) is 55.8 Å². The van der Waals surface area contributed by atoms with Gasteiger partial charge < -0.3 is 14.6 Å². The minimum Gasteiger partial charge on any atom is -0.493 e. The zero-order chi connectivity index (χ0) is 19.0. The van der Waals surface area contributed by atoms with Crippen molar-refractivity contribution in [3.8, 4) is 11.5 Å². The lowest BCUT2D eigenvalue weighted by molar-refractivity contribution is -0.204. The van der Waals surface area contributed by atoms with Crippen molar-refractivity contribution < 1.29 is 32.5 Å². The van der Waals surface area contributed by atoms with E-state index in [4.69, 9.17) is 26.2 Å². The average molecular weight is 379 g/mol. The van der Waals surface area contributed by atoms with E-state index in [1.54, 1.807) is 0 Å². The summed E-state index contributed by atoms with van der Waals surface area (Å²) in [4.78, 5) is 11.2. The van der Waals surface area contributed by atoms with Crippen LogP contribution in [-0.2, 0) is 4.79 Å². The van der Waals surface area contributed by atoms with Crippen molar-refractivity contribution in [3.05, 3.63) is 29.3 Å². The van der Waals surface area contributed by atoms with Gasteiger partial charge in [0.2, 0.25) is 0 Å². The summed E-state index contributed by atoms with van der Waals surface area (Å²) < 4.78 is 50.2. The molecule has 0 saturated heterocycles. The highest BCUT2D eigenvalue weighted by Gasteiger charge is 2.62. The van der Waals surface area contributed by atoms with Crippen LogP contribution in [0, 0.1) is 5.41 Å². The molecular weight excluding hydrogens is 361 g/mol. The van der Waals surface area contributed by atoms with Gasteiger partial charge in [-0.05, 0) is 30.0 Å². The molecule has 1 N–H and O–H groups in total. The van der Waals surface area contributed by atoms with E-state index in [-0.39, 0.29) is 16.7 Å². The van der Waals surface area contributed by atoms with Gasteiger partial charge in [0.25, 0.3) is 0 Å². The summed E-state index contributed by atoms with van der Waals surface area (Å²) in [7, 11) is 0. The summed E-state index contributed by atoms with van der Waals surface area (Å²) in [6.45, 7) is 6.49. The van der Waals surface area contributed by atoms with Crippen molar-refractivity contribution in [2.75, 3.05) is 6.61 Å². The number of aliphatic carboxylic acids is 1. The van der Waals surface area contributed by atoms with Gasteiger partial charge in [0.1, 0.15) is 17.1 Å². The lowest BCUT2D eigenvalue weighted by Gasteiger charge is -2.34. The first-order chi connectivity index (χ1) is 11.3. The highest BCUT2D eigenvalue weighted by atomic mass is 35.5. The predicted octanol–water partition coefficient (Wildman–Crippen LogP) is 4.86. The molecule has 0 spiro atoms. The Kier molecular flexibility index (Phi) is 5.01. The van der Waals surface area contributed by atoms with Gasteiger partial charge in [-0.15, -0.1) is 0 Å². The molecule has 1 aliphatic heterocycles. The number of hydrogen-bond acceptors (Lipinski definition) is 3. The van der Waals surface area contributed by atoms with Crippen LogP contribution in [0.3, 0.4) is 0 Å². The number of rotatable bonds is 4. The van der Waals surface area contributed by atoms with Crippen LogP contribution in [0.5, 0.6) is 11.5 Å². The number of hydrogen-bond donors (Lipinski definition) is 1. The van der Waals surface area contributed by atoms with Crippen LogP contribution >= 0.6 is 11.6 Å². The quantitative estimate of drug-likeness (QED) is 0.760. The summed E-state index contributed by atoms with van der Waals surface area (Å²) in [6.07, 6.45) is -3.50. The molecule has 0 aromatic heterocycles. The lowest BCUT2D eigenvalue weighted by atomic mass is 9.93. The third-order valence-electron chi connectivity index (χ3n) is 3.60. The molecule has 1 aromatic carbocycles. The molecule has 1 unspecified atom stereocenters. The van der Waals surface area contributed by atoms with Gasteiger partial charge >= 0.3 is 17.2 Å². The molecule has 1 aliphatic rings. The van der Waals surface area contributed by atoms with Crippen LogP contribution in [0.25, 0.3) is 6.08 Å². The van der Waals surface area contributed by atoms with Crippen LogP contribution in [0.15, 0.2) is 23.8 Å². The van der Waals surface area contributed by atoms with E-state index in [9.17, 15) is 18.0 Å². The van der Waals surface area contributed by atoms with Crippen LogP contribution in [0.4, 0.5) is 13.2 Å². The summed E-state index contributed by atoms with van der Waals surface area (Å²) in [5.41, 5.74) is -0.859. The van der Waals surface area contributed by atoms with E-state index >= 15 is 0 Å². The third-order valence-corrected chi connectivity index (χ3v) is 4.09. The molecule has 0 aliphatic carbocycles. The molecule has 0 radical (unpaired) electrons. The molecule has 1 atom stereocenters. The molecule has 2 rings (SSSR count). The number of carboxylic acids is 1. The Morgan fingerprint density at radius 2 is 1.96 bits per heavy atom. The molecule has 4 nitrogen and oxygen atoms in total. The van der Waals surface area contributed by atoms with Gasteiger partial charge in [-0.3, -0.25) is 0 Å². The molecule has 1 heterocycles. The average Bonchev–Trinajstić information content (AvgIpc) is 2.43. The Morgan fingerprint density at radius 3 is 2.48 bits per heavy atom. The Labute approximate surface area is 148 Å². The van der Waals surface area contributed by atoms with E-state index in [1.807, 2.05) is 20.8 Å². The van der Waals surface area contributed by atoms with Gasteiger partial charge in [0.05, 0.1) is 6.61 Å². The normalized spacial score (nSPS) is 20.4. The number of carboxylic acid groups (broad SMARTS) is 1. The van der Waals surface area contributed by atoms with Crippen LogP contribution in [-0.4, -0.2) is 28.9 Å². The molecule has 0 fully saturated rings. The monoisotopic (exact) mass is 378 g/mol. The summed E-state index contributed by atoms with van der Waals surface area (Å²) in [5, 5.41) is 5.60. The van der Waals surface area contributed by atoms with Crippen molar-refractivity contribution in [3.63, 3.8) is 0 Å². The SMILES string of the molecule is CC(C)(C)CCOc1ccc2c(c1)OC(Cl)(C(F)(F)F)C(C(=O)O)=C2. The standard InChI is InChI=1S/C17H18ClF3O4/c1-15(2,3)6-7-24-11-5-4-10-8-12(14(22)23)16(18,17(19,20)21)25-13(10)9-11/h4-5,8-9H,6-7H2,1-3H3,(H,22,23). The van der Waals surface area contributed by atoms with Crippen molar-refractivity contribution >= 4 is 23.6 Å². The second-order valence-corrected chi connectivity index (χ2v) is 7.45. The Morgan fingerprint density at radius 1 is 1.32 bits per heavy atom. The van der Waals surface area contributed by atoms with E-state index in [2.05, 4.69) is 0 Å². The van der Waals surface area contributed by atoms with Gasteiger partial charge in [-0.2, -0.15) is 13.2 Å². The Balaban J connectivity index is 2.32. The fourth-order valence-electron chi connectivity index (χ4n) is 2.15. The van der Waals surface area contributed by atoms with E-state index in [1.165, 1.54) is 18.2 Å². The Bertz CT molecular complexity index is 707. The van der Waals surface area contributed by atoms with Gasteiger partial charge in [-0.1, -0.05) is 32.4 Å². The number of fused-ring (bicyclic) bond motifs is 1. The smallest absolute Gasteiger partial charge is 0.448 e. The zero-order valence-electron chi connectivity index (χ0n) is 13.9.